The maximum atomic E-state index is 8.87. The summed E-state index contributed by atoms with van der Waals surface area (Å²) in [5.41, 5.74) is 0. The molecule has 72 valence electrons. The Labute approximate surface area is 59.2 Å². The summed E-state index contributed by atoms with van der Waals surface area (Å²) in [6.45, 7) is 0. The second kappa shape index (κ2) is 16.0. The first kappa shape index (κ1) is 50.6. The van der Waals surface area contributed by atoms with Crippen molar-refractivity contribution in [2.45, 2.75) is 0 Å². The molecule has 0 aliphatic carbocycles. The maximum absolute atomic E-state index is 8.87. The third-order valence-corrected chi connectivity index (χ3v) is 0. The summed E-state index contributed by atoms with van der Waals surface area (Å²) in [6.07, 6.45) is 0. The van der Waals surface area contributed by atoms with Crippen LogP contribution in [0.25, 0.3) is 0 Å². The molecule has 0 fully saturated rings. The Morgan fingerprint density at radius 3 is 0.700 bits per heavy atom. The fourth-order valence-electron chi connectivity index (χ4n) is 0. The fraction of sp³-hybridized carbons (Fsp3) is 0. The SMILES string of the molecule is O.O.O.O.O.[O]=[W](=[O])([OH])[OH]. The van der Waals surface area contributed by atoms with Crippen molar-refractivity contribution in [1.82, 2.24) is 0 Å². The summed E-state index contributed by atoms with van der Waals surface area (Å²) in [7, 11) is 0. The predicted molar refractivity (Wildman–Crippen MR) is 23.9 cm³/mol. The number of hydrogen-bond acceptors (Lipinski definition) is 2. The minimum absolute atomic E-state index is 0. The molecule has 0 aliphatic rings. The molecule has 0 amide bonds. The molecule has 0 radical (unpaired) electrons. The first-order chi connectivity index (χ1) is 2.00. The second-order valence-electron chi connectivity index (χ2n) is 0.448. The molecule has 0 rings (SSSR count). The normalized spacial score (nSPS) is 5.80. The van der Waals surface area contributed by atoms with Crippen LogP contribution in [0.3, 0.4) is 0 Å². The van der Waals surface area contributed by atoms with Gasteiger partial charge >= 0.3 is 31.1 Å². The van der Waals surface area contributed by atoms with Crippen LogP contribution in [0.5, 0.6) is 0 Å². The molecular formula is H12O9W. The third-order valence-electron chi connectivity index (χ3n) is 0. The Bertz CT molecular complexity index is 87.9. The Morgan fingerprint density at radius 2 is 0.700 bits per heavy atom. The van der Waals surface area contributed by atoms with Gasteiger partial charge in [-0.15, -0.1) is 0 Å². The van der Waals surface area contributed by atoms with Crippen LogP contribution in [0.15, 0.2) is 0 Å². The average Bonchev–Trinajstić information content (AvgIpc) is 0.722. The Hall–Kier alpha value is 0.00831. The van der Waals surface area contributed by atoms with E-state index in [1.54, 1.807) is 0 Å². The zero-order chi connectivity index (χ0) is 4.50. The summed E-state index contributed by atoms with van der Waals surface area (Å²) < 4.78 is 32.1. The first-order valence-electron chi connectivity index (χ1n) is 0.698. The molecule has 0 atom stereocenters. The number of hydrogen-bond donors (Lipinski definition) is 2. The first-order valence-corrected chi connectivity index (χ1v) is 5.72. The molecule has 0 spiro atoms. The van der Waals surface area contributed by atoms with Crippen molar-refractivity contribution >= 4 is 0 Å². The van der Waals surface area contributed by atoms with E-state index >= 15 is 0 Å². The van der Waals surface area contributed by atoms with Gasteiger partial charge in [0.2, 0.25) is 0 Å². The van der Waals surface area contributed by atoms with Crippen LogP contribution in [-0.2, 0) is 23.5 Å². The zero-order valence-corrected chi connectivity index (χ0v) is 7.55. The van der Waals surface area contributed by atoms with Gasteiger partial charge in [-0.05, 0) is 0 Å². The molecule has 10 heavy (non-hydrogen) atoms. The summed E-state index contributed by atoms with van der Waals surface area (Å²) in [5.74, 6) is 0. The van der Waals surface area contributed by atoms with Crippen molar-refractivity contribution in [3.8, 4) is 0 Å². The quantitative estimate of drug-likeness (QED) is 0.439. The summed E-state index contributed by atoms with van der Waals surface area (Å²) >= 11 is -5.67. The third kappa shape index (κ3) is 5690000. The van der Waals surface area contributed by atoms with Crippen molar-refractivity contribution in [2.75, 3.05) is 0 Å². The molecule has 9 nitrogen and oxygen atoms in total. The van der Waals surface area contributed by atoms with E-state index in [1.807, 2.05) is 0 Å². The van der Waals surface area contributed by atoms with Crippen LogP contribution in [0.2, 0.25) is 0 Å². The van der Waals surface area contributed by atoms with Gasteiger partial charge in [0.05, 0.1) is 0 Å². The van der Waals surface area contributed by atoms with Crippen LogP contribution in [0.4, 0.5) is 0 Å². The summed E-state index contributed by atoms with van der Waals surface area (Å²) in [6, 6.07) is 0. The van der Waals surface area contributed by atoms with Crippen molar-refractivity contribution in [3.63, 3.8) is 0 Å². The Kier molecular flexibility index (Phi) is 80.9. The molecule has 0 aliphatic heterocycles. The van der Waals surface area contributed by atoms with Gasteiger partial charge in [-0.3, -0.25) is 0 Å². The Morgan fingerprint density at radius 1 is 0.700 bits per heavy atom. The fourth-order valence-corrected chi connectivity index (χ4v) is 0. The van der Waals surface area contributed by atoms with Gasteiger partial charge < -0.3 is 27.4 Å². The van der Waals surface area contributed by atoms with Crippen LogP contribution in [0, 0.1) is 0 Å². The zero-order valence-electron chi connectivity index (χ0n) is 4.62. The van der Waals surface area contributed by atoms with Crippen LogP contribution in [-0.4, -0.2) is 34.9 Å². The minimum atomic E-state index is -5.67. The van der Waals surface area contributed by atoms with E-state index in [-0.39, 0.29) is 27.4 Å². The molecular weight excluding hydrogens is 328 g/mol. The van der Waals surface area contributed by atoms with Crippen molar-refractivity contribution in [1.29, 1.82) is 0 Å². The monoisotopic (exact) mass is 340 g/mol. The van der Waals surface area contributed by atoms with Gasteiger partial charge in [-0.2, -0.15) is 0 Å². The molecule has 0 unspecified atom stereocenters. The van der Waals surface area contributed by atoms with Crippen LogP contribution >= 0.6 is 0 Å². The van der Waals surface area contributed by atoms with E-state index in [0.717, 1.165) is 0 Å². The van der Waals surface area contributed by atoms with Gasteiger partial charge in [-0.25, -0.2) is 0 Å². The molecule has 0 aromatic rings. The molecule has 0 aromatic carbocycles. The van der Waals surface area contributed by atoms with E-state index in [1.165, 1.54) is 0 Å². The molecule has 12 N–H and O–H groups in total. The Balaban J connectivity index is -0.00000000800. The molecule has 0 heterocycles. The molecule has 0 saturated heterocycles. The van der Waals surface area contributed by atoms with Gasteiger partial charge in [0, 0.05) is 0 Å². The molecule has 0 aromatic heterocycles. The summed E-state index contributed by atoms with van der Waals surface area (Å²) in [4.78, 5) is 0. The molecule has 0 saturated carbocycles. The molecule has 0 bridgehead atoms. The number of rotatable bonds is 0. The van der Waals surface area contributed by atoms with Gasteiger partial charge in [0.25, 0.3) is 0 Å². The van der Waals surface area contributed by atoms with E-state index in [4.69, 9.17) is 14.3 Å². The van der Waals surface area contributed by atoms with Crippen molar-refractivity contribution < 1.29 is 58.4 Å². The standard InChI is InChI=1S/7H2O.2O.W/h7*1H2;;;/q;;;;;;;;;+2/p-2. The topological polar surface area (TPSA) is 232 Å². The second-order valence-corrected chi connectivity index (χ2v) is 3.67. The van der Waals surface area contributed by atoms with Gasteiger partial charge in [0.15, 0.2) is 0 Å². The summed E-state index contributed by atoms with van der Waals surface area (Å²) in [5, 5.41) is 0. The van der Waals surface area contributed by atoms with E-state index in [0.29, 0.717) is 0 Å². The van der Waals surface area contributed by atoms with Crippen molar-refractivity contribution in [2.24, 2.45) is 0 Å². The van der Waals surface area contributed by atoms with E-state index in [2.05, 4.69) is 0 Å². The molecule has 10 heteroatoms. The van der Waals surface area contributed by atoms with Crippen LogP contribution < -0.4 is 0 Å². The van der Waals surface area contributed by atoms with Gasteiger partial charge in [-0.1, -0.05) is 0 Å². The van der Waals surface area contributed by atoms with E-state index < -0.39 is 16.7 Å². The van der Waals surface area contributed by atoms with Crippen molar-refractivity contribution in [3.05, 3.63) is 0 Å². The van der Waals surface area contributed by atoms with E-state index in [9.17, 15) is 0 Å². The average molecular weight is 340 g/mol. The van der Waals surface area contributed by atoms with Crippen LogP contribution in [0.1, 0.15) is 0 Å². The van der Waals surface area contributed by atoms with Gasteiger partial charge in [0.1, 0.15) is 0 Å². The predicted octanol–water partition coefficient (Wildman–Crippen LogP) is -5.48.